The molecule has 5 nitrogen and oxygen atoms in total. The Balaban J connectivity index is 1.39. The maximum atomic E-state index is 12.7. The predicted octanol–water partition coefficient (Wildman–Crippen LogP) is 4.66. The van der Waals surface area contributed by atoms with Gasteiger partial charge < -0.3 is 14.5 Å². The third kappa shape index (κ3) is 5.02. The summed E-state index contributed by atoms with van der Waals surface area (Å²) in [6, 6.07) is 11.7. The lowest BCUT2D eigenvalue weighted by molar-refractivity contribution is 0.0724. The van der Waals surface area contributed by atoms with Gasteiger partial charge in [-0.1, -0.05) is 29.8 Å². The van der Waals surface area contributed by atoms with Crippen LogP contribution in [0.15, 0.2) is 42.6 Å². The normalized spacial score (nSPS) is 19.8. The SMILES string of the molecule is O=C(c1cnc(N2CCCC(COc3ccccc3)C2)c(Cl)c1)N1CCCCC1. The topological polar surface area (TPSA) is 45.7 Å². The molecule has 1 unspecified atom stereocenters. The van der Waals surface area contributed by atoms with Gasteiger partial charge in [-0.15, -0.1) is 0 Å². The third-order valence-electron chi connectivity index (χ3n) is 5.76. The highest BCUT2D eigenvalue weighted by Crippen LogP contribution is 2.29. The highest BCUT2D eigenvalue weighted by molar-refractivity contribution is 6.33. The first-order valence-electron chi connectivity index (χ1n) is 10.6. The molecule has 1 aromatic heterocycles. The number of hydrogen-bond acceptors (Lipinski definition) is 4. The van der Waals surface area contributed by atoms with Crippen LogP contribution in [-0.2, 0) is 0 Å². The molecule has 3 heterocycles. The zero-order chi connectivity index (χ0) is 20.1. The Morgan fingerprint density at radius 3 is 2.66 bits per heavy atom. The fourth-order valence-corrected chi connectivity index (χ4v) is 4.47. The van der Waals surface area contributed by atoms with Crippen LogP contribution >= 0.6 is 11.6 Å². The van der Waals surface area contributed by atoms with E-state index in [1.165, 1.54) is 6.42 Å². The van der Waals surface area contributed by atoms with Crippen LogP contribution in [0.1, 0.15) is 42.5 Å². The number of benzene rings is 1. The van der Waals surface area contributed by atoms with E-state index in [2.05, 4.69) is 9.88 Å². The number of amides is 1. The van der Waals surface area contributed by atoms with E-state index >= 15 is 0 Å². The molecular weight excluding hydrogens is 386 g/mol. The van der Waals surface area contributed by atoms with Crippen molar-refractivity contribution in [2.24, 2.45) is 5.92 Å². The Labute approximate surface area is 177 Å². The molecule has 0 bridgehead atoms. The number of ether oxygens (including phenoxy) is 1. The summed E-state index contributed by atoms with van der Waals surface area (Å²) in [5.74, 6) is 2.14. The van der Waals surface area contributed by atoms with E-state index in [0.29, 0.717) is 23.1 Å². The summed E-state index contributed by atoms with van der Waals surface area (Å²) in [6.45, 7) is 4.12. The van der Waals surface area contributed by atoms with Gasteiger partial charge in [-0.25, -0.2) is 4.98 Å². The van der Waals surface area contributed by atoms with E-state index < -0.39 is 0 Å². The Morgan fingerprint density at radius 1 is 1.10 bits per heavy atom. The van der Waals surface area contributed by atoms with Gasteiger partial charge >= 0.3 is 0 Å². The Kier molecular flexibility index (Phi) is 6.55. The Hall–Kier alpha value is -2.27. The number of pyridine rings is 1. The molecule has 154 valence electrons. The smallest absolute Gasteiger partial charge is 0.255 e. The maximum absolute atomic E-state index is 12.7. The van der Waals surface area contributed by atoms with E-state index in [4.69, 9.17) is 16.3 Å². The number of aromatic nitrogens is 1. The molecule has 0 aliphatic carbocycles. The van der Waals surface area contributed by atoms with Gasteiger partial charge in [-0.05, 0) is 50.3 Å². The molecular formula is C23H28ClN3O2. The van der Waals surface area contributed by atoms with Crippen molar-refractivity contribution in [1.29, 1.82) is 0 Å². The Bertz CT molecular complexity index is 824. The highest BCUT2D eigenvalue weighted by Gasteiger charge is 2.25. The van der Waals surface area contributed by atoms with Gasteiger partial charge in [0.25, 0.3) is 5.91 Å². The van der Waals surface area contributed by atoms with Gasteiger partial charge in [0.2, 0.25) is 0 Å². The standard InChI is InChI=1S/C23H28ClN3O2/c24-21-14-19(23(28)26-11-5-2-6-12-26)15-25-22(21)27-13-7-8-18(16-27)17-29-20-9-3-1-4-10-20/h1,3-4,9-10,14-15,18H,2,5-8,11-13,16-17H2. The lowest BCUT2D eigenvalue weighted by Crippen LogP contribution is -2.38. The van der Waals surface area contributed by atoms with Crippen molar-refractivity contribution >= 4 is 23.3 Å². The zero-order valence-electron chi connectivity index (χ0n) is 16.7. The number of carbonyl (C=O) groups is 1. The van der Waals surface area contributed by atoms with Gasteiger partial charge in [0.05, 0.1) is 17.2 Å². The van der Waals surface area contributed by atoms with Crippen molar-refractivity contribution in [3.8, 4) is 5.75 Å². The van der Waals surface area contributed by atoms with E-state index in [1.807, 2.05) is 35.2 Å². The first-order chi connectivity index (χ1) is 14.2. The van der Waals surface area contributed by atoms with Crippen LogP contribution in [0.25, 0.3) is 0 Å². The van der Waals surface area contributed by atoms with E-state index in [1.54, 1.807) is 12.3 Å². The molecule has 2 aliphatic rings. The first-order valence-corrected chi connectivity index (χ1v) is 11.0. The van der Waals surface area contributed by atoms with Gasteiger partial charge in [0.1, 0.15) is 11.6 Å². The molecule has 2 fully saturated rings. The Morgan fingerprint density at radius 2 is 1.90 bits per heavy atom. The largest absolute Gasteiger partial charge is 0.493 e. The van der Waals surface area contributed by atoms with Gasteiger partial charge in [-0.3, -0.25) is 4.79 Å². The first kappa shape index (κ1) is 20.0. The van der Waals surface area contributed by atoms with Crippen LogP contribution in [0.5, 0.6) is 5.75 Å². The number of likely N-dealkylation sites (tertiary alicyclic amines) is 1. The van der Waals surface area contributed by atoms with E-state index in [9.17, 15) is 4.79 Å². The number of carbonyl (C=O) groups excluding carboxylic acids is 1. The van der Waals surface area contributed by atoms with Crippen molar-refractivity contribution in [2.45, 2.75) is 32.1 Å². The summed E-state index contributed by atoms with van der Waals surface area (Å²) < 4.78 is 5.95. The second-order valence-corrected chi connectivity index (χ2v) is 8.37. The number of hydrogen-bond donors (Lipinski definition) is 0. The molecule has 2 aromatic rings. The van der Waals surface area contributed by atoms with Crippen molar-refractivity contribution in [3.05, 3.63) is 53.2 Å². The molecule has 2 saturated heterocycles. The fourth-order valence-electron chi connectivity index (χ4n) is 4.18. The molecule has 1 amide bonds. The minimum absolute atomic E-state index is 0.0402. The van der Waals surface area contributed by atoms with Gasteiger partial charge in [0.15, 0.2) is 0 Å². The lowest BCUT2D eigenvalue weighted by atomic mass is 9.99. The monoisotopic (exact) mass is 413 g/mol. The van der Waals surface area contributed by atoms with Gasteiger partial charge in [0, 0.05) is 38.3 Å². The van der Waals surface area contributed by atoms with Crippen molar-refractivity contribution < 1.29 is 9.53 Å². The number of anilines is 1. The quantitative estimate of drug-likeness (QED) is 0.715. The van der Waals surface area contributed by atoms with Crippen LogP contribution in [0, 0.1) is 5.92 Å². The van der Waals surface area contributed by atoms with Crippen LogP contribution in [-0.4, -0.2) is 48.6 Å². The number of piperidine rings is 2. The number of rotatable bonds is 5. The van der Waals surface area contributed by atoms with E-state index in [0.717, 1.165) is 63.4 Å². The third-order valence-corrected chi connectivity index (χ3v) is 6.04. The number of halogens is 1. The van der Waals surface area contributed by atoms with Crippen LogP contribution < -0.4 is 9.64 Å². The van der Waals surface area contributed by atoms with Crippen molar-refractivity contribution in [3.63, 3.8) is 0 Å². The van der Waals surface area contributed by atoms with Crippen LogP contribution in [0.3, 0.4) is 0 Å². The molecule has 1 atom stereocenters. The zero-order valence-corrected chi connectivity index (χ0v) is 17.5. The average Bonchev–Trinajstić information content (AvgIpc) is 2.78. The molecule has 0 radical (unpaired) electrons. The fraction of sp³-hybridized carbons (Fsp3) is 0.478. The molecule has 2 aliphatic heterocycles. The highest BCUT2D eigenvalue weighted by atomic mass is 35.5. The minimum Gasteiger partial charge on any atom is -0.493 e. The summed E-state index contributed by atoms with van der Waals surface area (Å²) in [7, 11) is 0. The molecule has 6 heteroatoms. The summed E-state index contributed by atoms with van der Waals surface area (Å²) in [5, 5.41) is 0.553. The lowest BCUT2D eigenvalue weighted by Gasteiger charge is -2.34. The second-order valence-electron chi connectivity index (χ2n) is 7.96. The maximum Gasteiger partial charge on any atom is 0.255 e. The predicted molar refractivity (Wildman–Crippen MR) is 116 cm³/mol. The molecule has 0 spiro atoms. The van der Waals surface area contributed by atoms with E-state index in [-0.39, 0.29) is 5.91 Å². The van der Waals surface area contributed by atoms with Crippen molar-refractivity contribution in [2.75, 3.05) is 37.7 Å². The summed E-state index contributed by atoms with van der Waals surface area (Å²) in [6.07, 6.45) is 7.24. The molecule has 29 heavy (non-hydrogen) atoms. The summed E-state index contributed by atoms with van der Waals surface area (Å²) in [4.78, 5) is 21.4. The number of nitrogens with zero attached hydrogens (tertiary/aromatic N) is 3. The molecule has 0 N–H and O–H groups in total. The molecule has 1 aromatic carbocycles. The molecule has 4 rings (SSSR count). The summed E-state index contributed by atoms with van der Waals surface area (Å²) >= 11 is 6.56. The number of para-hydroxylation sites is 1. The second kappa shape index (κ2) is 9.49. The molecule has 0 saturated carbocycles. The van der Waals surface area contributed by atoms with Gasteiger partial charge in [-0.2, -0.15) is 0 Å². The van der Waals surface area contributed by atoms with Crippen molar-refractivity contribution in [1.82, 2.24) is 9.88 Å². The van der Waals surface area contributed by atoms with Crippen LogP contribution in [0.4, 0.5) is 5.82 Å². The minimum atomic E-state index is 0.0402. The average molecular weight is 414 g/mol. The summed E-state index contributed by atoms with van der Waals surface area (Å²) in [5.41, 5.74) is 0.585. The van der Waals surface area contributed by atoms with Crippen LogP contribution in [0.2, 0.25) is 5.02 Å².